The average Bonchev–Trinajstić information content (AvgIpc) is 2.95. The van der Waals surface area contributed by atoms with Crippen LogP contribution in [0.5, 0.6) is 0 Å². The van der Waals surface area contributed by atoms with Crippen molar-refractivity contribution < 1.29 is 4.79 Å². The Labute approximate surface area is 132 Å². The van der Waals surface area contributed by atoms with Gasteiger partial charge in [-0.25, -0.2) is 0 Å². The maximum absolute atomic E-state index is 12.8. The minimum absolute atomic E-state index is 0.0147. The Balaban J connectivity index is 2.06. The van der Waals surface area contributed by atoms with E-state index >= 15 is 0 Å². The molecule has 0 saturated heterocycles. The molecule has 2 rings (SSSR count). The smallest absolute Gasteiger partial charge is 0.246 e. The topological polar surface area (TPSA) is 46.3 Å². The Hall–Kier alpha value is -1.00. The van der Waals surface area contributed by atoms with E-state index in [1.807, 2.05) is 61.0 Å². The van der Waals surface area contributed by atoms with E-state index in [2.05, 4.69) is 6.92 Å². The molecule has 3 atom stereocenters. The van der Waals surface area contributed by atoms with E-state index in [1.54, 1.807) is 0 Å². The van der Waals surface area contributed by atoms with Crippen LogP contribution in [0.4, 0.5) is 0 Å². The van der Waals surface area contributed by atoms with Gasteiger partial charge in [-0.1, -0.05) is 37.3 Å². The Morgan fingerprint density at radius 2 is 2.05 bits per heavy atom. The average molecular weight is 306 g/mol. The summed E-state index contributed by atoms with van der Waals surface area (Å²) in [6, 6.07) is 9.98. The molecule has 0 bridgehead atoms. The van der Waals surface area contributed by atoms with Crippen LogP contribution >= 0.6 is 11.8 Å². The predicted octanol–water partition coefficient (Wildman–Crippen LogP) is 2.99. The normalized spacial score (nSPS) is 24.6. The fourth-order valence-corrected chi connectivity index (χ4v) is 4.23. The number of hydrogen-bond donors (Lipinski definition) is 1. The van der Waals surface area contributed by atoms with E-state index in [9.17, 15) is 4.79 Å². The lowest BCUT2D eigenvalue weighted by Gasteiger charge is -2.33. The summed E-state index contributed by atoms with van der Waals surface area (Å²) in [6.45, 7) is 4.01. The van der Waals surface area contributed by atoms with E-state index < -0.39 is 5.54 Å². The van der Waals surface area contributed by atoms with Crippen LogP contribution in [0.2, 0.25) is 0 Å². The number of amides is 1. The second-order valence-electron chi connectivity index (χ2n) is 6.03. The van der Waals surface area contributed by atoms with Crippen molar-refractivity contribution >= 4 is 17.7 Å². The van der Waals surface area contributed by atoms with Crippen molar-refractivity contribution in [2.45, 2.75) is 49.9 Å². The minimum atomic E-state index is -0.952. The van der Waals surface area contributed by atoms with Crippen LogP contribution < -0.4 is 5.73 Å². The molecule has 2 N–H and O–H groups in total. The van der Waals surface area contributed by atoms with Gasteiger partial charge in [0.25, 0.3) is 0 Å². The van der Waals surface area contributed by atoms with Crippen molar-refractivity contribution in [3.63, 3.8) is 0 Å². The van der Waals surface area contributed by atoms with Crippen molar-refractivity contribution in [1.29, 1.82) is 0 Å². The van der Waals surface area contributed by atoms with Crippen molar-refractivity contribution in [2.75, 3.05) is 12.8 Å². The van der Waals surface area contributed by atoms with Crippen LogP contribution in [-0.2, 0) is 10.3 Å². The number of rotatable bonds is 5. The first-order valence-electron chi connectivity index (χ1n) is 7.70. The summed E-state index contributed by atoms with van der Waals surface area (Å²) >= 11 is 2.01. The van der Waals surface area contributed by atoms with Gasteiger partial charge in [0.2, 0.25) is 5.91 Å². The van der Waals surface area contributed by atoms with E-state index in [0.717, 1.165) is 24.2 Å². The number of carbonyl (C=O) groups excluding carboxylic acids is 1. The van der Waals surface area contributed by atoms with Crippen LogP contribution in [0.15, 0.2) is 30.3 Å². The zero-order valence-corrected chi connectivity index (χ0v) is 14.0. The number of carbonyl (C=O) groups is 1. The molecule has 0 heterocycles. The first-order valence-corrected chi connectivity index (χ1v) is 8.75. The SMILES string of the molecule is CCSC1CCC(N(C)C(=O)C(C)(N)c2ccccc2)C1. The van der Waals surface area contributed by atoms with E-state index in [0.29, 0.717) is 11.3 Å². The fourth-order valence-electron chi connectivity index (χ4n) is 3.10. The summed E-state index contributed by atoms with van der Waals surface area (Å²) in [5, 5.41) is 0.691. The summed E-state index contributed by atoms with van der Waals surface area (Å²) in [5.74, 6) is 1.16. The highest BCUT2D eigenvalue weighted by Gasteiger charge is 2.38. The Kier molecular flexibility index (Phi) is 5.33. The quantitative estimate of drug-likeness (QED) is 0.909. The molecule has 3 nitrogen and oxygen atoms in total. The highest BCUT2D eigenvalue weighted by atomic mass is 32.2. The number of nitrogens with zero attached hydrogens (tertiary/aromatic N) is 1. The van der Waals surface area contributed by atoms with Crippen LogP contribution in [-0.4, -0.2) is 34.9 Å². The standard InChI is InChI=1S/C17H26N2OS/c1-4-21-15-11-10-14(12-15)19(3)16(20)17(2,18)13-8-6-5-7-9-13/h5-9,14-15H,4,10-12,18H2,1-3H3. The van der Waals surface area contributed by atoms with Crippen molar-refractivity contribution in [3.8, 4) is 0 Å². The van der Waals surface area contributed by atoms with Crippen LogP contribution in [0.1, 0.15) is 38.7 Å². The van der Waals surface area contributed by atoms with Crippen molar-refractivity contribution in [1.82, 2.24) is 4.90 Å². The van der Waals surface area contributed by atoms with Gasteiger partial charge in [0.15, 0.2) is 0 Å². The molecule has 1 amide bonds. The summed E-state index contributed by atoms with van der Waals surface area (Å²) in [4.78, 5) is 14.7. The first-order chi connectivity index (χ1) is 9.96. The number of likely N-dealkylation sites (N-methyl/N-ethyl adjacent to an activating group) is 1. The largest absolute Gasteiger partial charge is 0.341 e. The lowest BCUT2D eigenvalue weighted by Crippen LogP contribution is -2.52. The van der Waals surface area contributed by atoms with Gasteiger partial charge in [-0.2, -0.15) is 11.8 Å². The van der Waals surface area contributed by atoms with Crippen molar-refractivity contribution in [3.05, 3.63) is 35.9 Å². The highest BCUT2D eigenvalue weighted by Crippen LogP contribution is 2.33. The Morgan fingerprint density at radius 3 is 2.67 bits per heavy atom. The molecule has 0 aliphatic heterocycles. The third-order valence-electron chi connectivity index (χ3n) is 4.45. The molecule has 0 aromatic heterocycles. The van der Waals surface area contributed by atoms with Gasteiger partial charge in [-0.05, 0) is 37.5 Å². The van der Waals surface area contributed by atoms with E-state index in [1.165, 1.54) is 6.42 Å². The summed E-state index contributed by atoms with van der Waals surface area (Å²) in [6.07, 6.45) is 3.38. The van der Waals surface area contributed by atoms with Gasteiger partial charge in [0, 0.05) is 18.3 Å². The highest BCUT2D eigenvalue weighted by molar-refractivity contribution is 7.99. The van der Waals surface area contributed by atoms with Gasteiger partial charge < -0.3 is 10.6 Å². The lowest BCUT2D eigenvalue weighted by molar-refractivity contribution is -0.137. The number of nitrogens with two attached hydrogens (primary N) is 1. The molecule has 4 heteroatoms. The molecule has 1 fully saturated rings. The molecule has 1 aromatic rings. The Morgan fingerprint density at radius 1 is 1.38 bits per heavy atom. The fraction of sp³-hybridized carbons (Fsp3) is 0.588. The maximum Gasteiger partial charge on any atom is 0.246 e. The third kappa shape index (κ3) is 3.61. The molecular formula is C17H26N2OS. The second-order valence-corrected chi connectivity index (χ2v) is 7.61. The summed E-state index contributed by atoms with van der Waals surface area (Å²) in [5.41, 5.74) is 6.27. The molecule has 0 radical (unpaired) electrons. The molecule has 1 aliphatic carbocycles. The summed E-state index contributed by atoms with van der Waals surface area (Å²) < 4.78 is 0. The van der Waals surface area contributed by atoms with E-state index in [4.69, 9.17) is 5.73 Å². The number of hydrogen-bond acceptors (Lipinski definition) is 3. The molecule has 0 spiro atoms. The first kappa shape index (κ1) is 16.4. The Bertz CT molecular complexity index is 475. The number of thioether (sulfide) groups is 1. The predicted molar refractivity (Wildman–Crippen MR) is 90.3 cm³/mol. The monoisotopic (exact) mass is 306 g/mol. The van der Waals surface area contributed by atoms with Gasteiger partial charge >= 0.3 is 0 Å². The third-order valence-corrected chi connectivity index (χ3v) is 5.68. The molecule has 1 aromatic carbocycles. The van der Waals surface area contributed by atoms with Gasteiger partial charge in [-0.3, -0.25) is 4.79 Å². The summed E-state index contributed by atoms with van der Waals surface area (Å²) in [7, 11) is 1.90. The van der Waals surface area contributed by atoms with Gasteiger partial charge in [-0.15, -0.1) is 0 Å². The van der Waals surface area contributed by atoms with Crippen LogP contribution in [0.25, 0.3) is 0 Å². The van der Waals surface area contributed by atoms with Crippen LogP contribution in [0, 0.1) is 0 Å². The zero-order chi connectivity index (χ0) is 15.5. The van der Waals surface area contributed by atoms with Crippen LogP contribution in [0.3, 0.4) is 0 Å². The van der Waals surface area contributed by atoms with Gasteiger partial charge in [0.05, 0.1) is 0 Å². The lowest BCUT2D eigenvalue weighted by atomic mass is 9.91. The zero-order valence-electron chi connectivity index (χ0n) is 13.2. The molecule has 3 unspecified atom stereocenters. The van der Waals surface area contributed by atoms with Gasteiger partial charge in [0.1, 0.15) is 5.54 Å². The van der Waals surface area contributed by atoms with Crippen molar-refractivity contribution in [2.24, 2.45) is 5.73 Å². The number of benzene rings is 1. The van der Waals surface area contributed by atoms with E-state index in [-0.39, 0.29) is 5.91 Å². The molecule has 1 saturated carbocycles. The molecule has 21 heavy (non-hydrogen) atoms. The molecular weight excluding hydrogens is 280 g/mol. The molecule has 116 valence electrons. The minimum Gasteiger partial charge on any atom is -0.341 e. The second kappa shape index (κ2) is 6.84. The maximum atomic E-state index is 12.8. The molecule has 1 aliphatic rings.